The Morgan fingerprint density at radius 2 is 1.75 bits per heavy atom. The van der Waals surface area contributed by atoms with Gasteiger partial charge in [-0.2, -0.15) is 0 Å². The van der Waals surface area contributed by atoms with Gasteiger partial charge in [0.2, 0.25) is 0 Å². The SMILES string of the molecule is Cc1ncc(C(=O)N2CCCCC2)c([C@H]2CCCN2C(=O)c2ccc3c(c2)OCCO3)n1. The molecule has 168 valence electrons. The van der Waals surface area contributed by atoms with E-state index in [2.05, 4.69) is 9.97 Å². The third-order valence-corrected chi connectivity index (χ3v) is 6.43. The molecule has 3 aliphatic heterocycles. The highest BCUT2D eigenvalue weighted by Crippen LogP contribution is 2.36. The minimum absolute atomic E-state index is 0.0293. The molecule has 0 unspecified atom stereocenters. The Hall–Kier alpha value is -3.16. The van der Waals surface area contributed by atoms with Crippen LogP contribution in [0, 0.1) is 6.92 Å². The standard InChI is InChI=1S/C24H28N4O4/c1-16-25-15-18(24(30)27-9-3-2-4-10-27)22(26-16)19-6-5-11-28(19)23(29)17-7-8-20-21(14-17)32-13-12-31-20/h7-8,14-15,19H,2-6,9-13H2,1H3/t19-/m1/s1. The van der Waals surface area contributed by atoms with Crippen molar-refractivity contribution in [3.8, 4) is 11.5 Å². The molecule has 8 nitrogen and oxygen atoms in total. The molecule has 2 aromatic rings. The predicted octanol–water partition coefficient (Wildman–Crippen LogP) is 3.16. The maximum Gasteiger partial charge on any atom is 0.257 e. The van der Waals surface area contributed by atoms with Gasteiger partial charge in [0.15, 0.2) is 11.5 Å². The molecule has 0 N–H and O–H groups in total. The van der Waals surface area contributed by atoms with Gasteiger partial charge in [-0.05, 0) is 57.2 Å². The van der Waals surface area contributed by atoms with Gasteiger partial charge in [-0.25, -0.2) is 9.97 Å². The van der Waals surface area contributed by atoms with Crippen molar-refractivity contribution in [1.29, 1.82) is 0 Å². The molecule has 3 aliphatic rings. The number of amides is 2. The summed E-state index contributed by atoms with van der Waals surface area (Å²) in [6.45, 7) is 4.95. The number of hydrogen-bond acceptors (Lipinski definition) is 6. The summed E-state index contributed by atoms with van der Waals surface area (Å²) >= 11 is 0. The van der Waals surface area contributed by atoms with Crippen LogP contribution >= 0.6 is 0 Å². The van der Waals surface area contributed by atoms with Crippen molar-refractivity contribution in [3.63, 3.8) is 0 Å². The predicted molar refractivity (Wildman–Crippen MR) is 117 cm³/mol. The highest BCUT2D eigenvalue weighted by Gasteiger charge is 2.36. The molecular formula is C24H28N4O4. The first kappa shape index (κ1) is 20.7. The van der Waals surface area contributed by atoms with Crippen molar-refractivity contribution in [2.24, 2.45) is 0 Å². The fourth-order valence-corrected chi connectivity index (χ4v) is 4.81. The third-order valence-electron chi connectivity index (χ3n) is 6.43. The van der Waals surface area contributed by atoms with Gasteiger partial charge < -0.3 is 19.3 Å². The zero-order valence-corrected chi connectivity index (χ0v) is 18.4. The fraction of sp³-hybridized carbons (Fsp3) is 0.500. The van der Waals surface area contributed by atoms with Gasteiger partial charge in [-0.15, -0.1) is 0 Å². The number of carbonyl (C=O) groups is 2. The lowest BCUT2D eigenvalue weighted by Gasteiger charge is -2.30. The van der Waals surface area contributed by atoms with Gasteiger partial charge in [-0.3, -0.25) is 9.59 Å². The molecule has 32 heavy (non-hydrogen) atoms. The van der Waals surface area contributed by atoms with Gasteiger partial charge >= 0.3 is 0 Å². The number of fused-ring (bicyclic) bond motifs is 1. The summed E-state index contributed by atoms with van der Waals surface area (Å²) < 4.78 is 11.2. The summed E-state index contributed by atoms with van der Waals surface area (Å²) in [4.78, 5) is 39.5. The molecule has 4 heterocycles. The quantitative estimate of drug-likeness (QED) is 0.735. The number of rotatable bonds is 3. The summed E-state index contributed by atoms with van der Waals surface area (Å²) in [5, 5.41) is 0. The number of likely N-dealkylation sites (tertiary alicyclic amines) is 2. The van der Waals surface area contributed by atoms with E-state index in [1.165, 1.54) is 0 Å². The van der Waals surface area contributed by atoms with Crippen LogP contribution in [0.5, 0.6) is 11.5 Å². The second-order valence-electron chi connectivity index (χ2n) is 8.58. The van der Waals surface area contributed by atoms with E-state index in [-0.39, 0.29) is 17.9 Å². The first-order valence-corrected chi connectivity index (χ1v) is 11.5. The number of aromatic nitrogens is 2. The minimum Gasteiger partial charge on any atom is -0.486 e. The molecule has 1 aromatic carbocycles. The maximum atomic E-state index is 13.5. The Kier molecular flexibility index (Phi) is 5.68. The average molecular weight is 437 g/mol. The Balaban J connectivity index is 1.45. The van der Waals surface area contributed by atoms with Crippen molar-refractivity contribution >= 4 is 11.8 Å². The van der Waals surface area contributed by atoms with Gasteiger partial charge in [-0.1, -0.05) is 0 Å². The minimum atomic E-state index is -0.249. The summed E-state index contributed by atoms with van der Waals surface area (Å²) in [7, 11) is 0. The highest BCUT2D eigenvalue weighted by molar-refractivity contribution is 5.97. The smallest absolute Gasteiger partial charge is 0.257 e. The number of carbonyl (C=O) groups excluding carboxylic acids is 2. The molecule has 1 aromatic heterocycles. The first-order valence-electron chi connectivity index (χ1n) is 11.5. The van der Waals surface area contributed by atoms with Crippen molar-refractivity contribution in [2.45, 2.75) is 45.1 Å². The number of nitrogens with zero attached hydrogens (tertiary/aromatic N) is 4. The van der Waals surface area contributed by atoms with Crippen LogP contribution in [0.25, 0.3) is 0 Å². The monoisotopic (exact) mass is 436 g/mol. The van der Waals surface area contributed by atoms with E-state index < -0.39 is 0 Å². The van der Waals surface area contributed by atoms with Gasteiger partial charge in [0.1, 0.15) is 19.0 Å². The third kappa shape index (κ3) is 3.89. The molecule has 0 radical (unpaired) electrons. The molecule has 2 amide bonds. The fourth-order valence-electron chi connectivity index (χ4n) is 4.81. The second-order valence-corrected chi connectivity index (χ2v) is 8.58. The summed E-state index contributed by atoms with van der Waals surface area (Å²) in [6, 6.07) is 5.06. The van der Waals surface area contributed by atoms with Gasteiger partial charge in [0, 0.05) is 31.4 Å². The molecule has 0 spiro atoms. The molecular weight excluding hydrogens is 408 g/mol. The van der Waals surface area contributed by atoms with E-state index >= 15 is 0 Å². The molecule has 8 heteroatoms. The summed E-state index contributed by atoms with van der Waals surface area (Å²) in [6.07, 6.45) is 6.47. The van der Waals surface area contributed by atoms with E-state index in [1.54, 1.807) is 24.4 Å². The highest BCUT2D eigenvalue weighted by atomic mass is 16.6. The van der Waals surface area contributed by atoms with Crippen LogP contribution in [0.2, 0.25) is 0 Å². The van der Waals surface area contributed by atoms with Crippen LogP contribution < -0.4 is 9.47 Å². The number of aryl methyl sites for hydroxylation is 1. The number of hydrogen-bond donors (Lipinski definition) is 0. The lowest BCUT2D eigenvalue weighted by molar-refractivity contribution is 0.0695. The van der Waals surface area contributed by atoms with E-state index in [9.17, 15) is 9.59 Å². The lowest BCUT2D eigenvalue weighted by Crippen LogP contribution is -2.38. The Bertz CT molecular complexity index is 1030. The maximum absolute atomic E-state index is 13.5. The number of ether oxygens (including phenoxy) is 2. The van der Waals surface area contributed by atoms with Crippen molar-refractivity contribution in [2.75, 3.05) is 32.8 Å². The Morgan fingerprint density at radius 1 is 0.969 bits per heavy atom. The van der Waals surface area contributed by atoms with Crippen molar-refractivity contribution in [1.82, 2.24) is 19.8 Å². The molecule has 0 saturated carbocycles. The lowest BCUT2D eigenvalue weighted by atomic mass is 10.0. The Morgan fingerprint density at radius 3 is 2.56 bits per heavy atom. The molecule has 2 saturated heterocycles. The number of piperidine rings is 1. The number of benzene rings is 1. The normalized spacial score (nSPS) is 20.3. The molecule has 5 rings (SSSR count). The van der Waals surface area contributed by atoms with E-state index in [4.69, 9.17) is 9.47 Å². The molecule has 2 fully saturated rings. The largest absolute Gasteiger partial charge is 0.486 e. The second kappa shape index (κ2) is 8.76. The zero-order chi connectivity index (χ0) is 22.1. The average Bonchev–Trinajstić information content (AvgIpc) is 3.33. The molecule has 0 aliphatic carbocycles. The van der Waals surface area contributed by atoms with Crippen LogP contribution in [0.4, 0.5) is 0 Å². The molecule has 1 atom stereocenters. The van der Waals surface area contributed by atoms with E-state index in [1.807, 2.05) is 16.7 Å². The summed E-state index contributed by atoms with van der Waals surface area (Å²) in [5.41, 5.74) is 1.73. The first-order chi connectivity index (χ1) is 15.6. The van der Waals surface area contributed by atoms with E-state index in [0.717, 1.165) is 45.2 Å². The van der Waals surface area contributed by atoms with E-state index in [0.29, 0.717) is 53.9 Å². The van der Waals surface area contributed by atoms with Gasteiger partial charge in [0.25, 0.3) is 11.8 Å². The zero-order valence-electron chi connectivity index (χ0n) is 18.4. The Labute approximate surface area is 187 Å². The van der Waals surface area contributed by atoms with Crippen LogP contribution in [-0.4, -0.2) is 64.4 Å². The van der Waals surface area contributed by atoms with Crippen LogP contribution in [0.1, 0.15) is 70.4 Å². The van der Waals surface area contributed by atoms with Crippen LogP contribution in [0.3, 0.4) is 0 Å². The van der Waals surface area contributed by atoms with Crippen LogP contribution in [0.15, 0.2) is 24.4 Å². The van der Waals surface area contributed by atoms with Crippen molar-refractivity contribution in [3.05, 3.63) is 47.0 Å². The van der Waals surface area contributed by atoms with Crippen LogP contribution in [-0.2, 0) is 0 Å². The topological polar surface area (TPSA) is 84.9 Å². The summed E-state index contributed by atoms with van der Waals surface area (Å²) in [5.74, 6) is 1.74. The molecule has 0 bridgehead atoms. The van der Waals surface area contributed by atoms with Gasteiger partial charge in [0.05, 0.1) is 17.3 Å². The van der Waals surface area contributed by atoms with Crippen molar-refractivity contribution < 1.29 is 19.1 Å².